The van der Waals surface area contributed by atoms with E-state index in [1.165, 1.54) is 18.2 Å². The van der Waals surface area contributed by atoms with Crippen molar-refractivity contribution >= 4 is 28.2 Å². The van der Waals surface area contributed by atoms with E-state index in [-0.39, 0.29) is 22.8 Å². The van der Waals surface area contributed by atoms with Crippen molar-refractivity contribution < 1.29 is 9.18 Å². The summed E-state index contributed by atoms with van der Waals surface area (Å²) in [5.41, 5.74) is 0.838. The van der Waals surface area contributed by atoms with Gasteiger partial charge in [0.25, 0.3) is 0 Å². The summed E-state index contributed by atoms with van der Waals surface area (Å²) in [6.45, 7) is 0. The molecule has 3 heteroatoms. The molecule has 0 fully saturated rings. The van der Waals surface area contributed by atoms with Gasteiger partial charge in [-0.05, 0) is 28.5 Å². The van der Waals surface area contributed by atoms with E-state index in [0.717, 1.165) is 16.3 Å². The van der Waals surface area contributed by atoms with Gasteiger partial charge in [0.2, 0.25) is 0 Å². The van der Waals surface area contributed by atoms with Gasteiger partial charge in [0.05, 0.1) is 10.6 Å². The number of carbonyl (C=O) groups excluding carboxylic acids is 1. The lowest BCUT2D eigenvalue weighted by molar-refractivity contribution is 0.0989. The zero-order chi connectivity index (χ0) is 14.8. The van der Waals surface area contributed by atoms with Crippen molar-refractivity contribution in [2.45, 2.75) is 6.42 Å². The normalized spacial score (nSPS) is 10.8. The highest BCUT2D eigenvalue weighted by molar-refractivity contribution is 6.34. The van der Waals surface area contributed by atoms with Crippen LogP contribution in [0.5, 0.6) is 0 Å². The molecule has 0 aliphatic carbocycles. The second-order valence-corrected chi connectivity index (χ2v) is 5.24. The Morgan fingerprint density at radius 2 is 1.67 bits per heavy atom. The molecule has 0 aromatic heterocycles. The predicted octanol–water partition coefficient (Wildman–Crippen LogP) is 5.06. The predicted molar refractivity (Wildman–Crippen MR) is 83.4 cm³/mol. The van der Waals surface area contributed by atoms with Crippen LogP contribution in [0.3, 0.4) is 0 Å². The Kier molecular flexibility index (Phi) is 3.72. The fourth-order valence-corrected chi connectivity index (χ4v) is 2.74. The molecular formula is C18H12ClFO. The Hall–Kier alpha value is -2.19. The topological polar surface area (TPSA) is 17.1 Å². The smallest absolute Gasteiger partial charge is 0.171 e. The molecule has 0 saturated carbocycles. The molecule has 0 N–H and O–H groups in total. The van der Waals surface area contributed by atoms with Crippen molar-refractivity contribution in [3.63, 3.8) is 0 Å². The molecule has 0 amide bonds. The monoisotopic (exact) mass is 298 g/mol. The maximum absolute atomic E-state index is 13.8. The summed E-state index contributed by atoms with van der Waals surface area (Å²) in [6.07, 6.45) is 0.127. The van der Waals surface area contributed by atoms with Gasteiger partial charge in [-0.25, -0.2) is 4.39 Å². The summed E-state index contributed by atoms with van der Waals surface area (Å²) < 4.78 is 13.8. The SMILES string of the molecule is O=C(Cc1cccc2ccccc12)c1c(F)cccc1Cl. The summed E-state index contributed by atoms with van der Waals surface area (Å²) in [7, 11) is 0. The molecule has 0 aliphatic heterocycles. The van der Waals surface area contributed by atoms with E-state index in [1.807, 2.05) is 42.5 Å². The highest BCUT2D eigenvalue weighted by atomic mass is 35.5. The van der Waals surface area contributed by atoms with E-state index in [0.29, 0.717) is 0 Å². The molecule has 0 radical (unpaired) electrons. The first-order valence-corrected chi connectivity index (χ1v) is 6.98. The lowest BCUT2D eigenvalue weighted by Gasteiger charge is -2.08. The Morgan fingerprint density at radius 3 is 2.48 bits per heavy atom. The molecule has 21 heavy (non-hydrogen) atoms. The van der Waals surface area contributed by atoms with E-state index < -0.39 is 5.82 Å². The second-order valence-electron chi connectivity index (χ2n) is 4.83. The third-order valence-corrected chi connectivity index (χ3v) is 3.79. The van der Waals surface area contributed by atoms with E-state index >= 15 is 0 Å². The van der Waals surface area contributed by atoms with Gasteiger partial charge in [-0.3, -0.25) is 4.79 Å². The van der Waals surface area contributed by atoms with E-state index in [9.17, 15) is 9.18 Å². The van der Waals surface area contributed by atoms with Crippen molar-refractivity contribution in [3.05, 3.63) is 82.6 Å². The van der Waals surface area contributed by atoms with Crippen LogP contribution < -0.4 is 0 Å². The Labute approximate surface area is 127 Å². The summed E-state index contributed by atoms with van der Waals surface area (Å²) in [5.74, 6) is -0.887. The maximum atomic E-state index is 13.8. The molecule has 3 aromatic carbocycles. The van der Waals surface area contributed by atoms with Crippen LogP contribution in [-0.2, 0) is 6.42 Å². The second kappa shape index (κ2) is 5.66. The van der Waals surface area contributed by atoms with Crippen LogP contribution in [0.15, 0.2) is 60.7 Å². The molecule has 0 spiro atoms. The summed E-state index contributed by atoms with van der Waals surface area (Å²) in [4.78, 5) is 12.4. The third kappa shape index (κ3) is 2.67. The van der Waals surface area contributed by atoms with Crippen LogP contribution in [0.1, 0.15) is 15.9 Å². The zero-order valence-electron chi connectivity index (χ0n) is 11.1. The maximum Gasteiger partial charge on any atom is 0.171 e. The first-order chi connectivity index (χ1) is 10.2. The molecule has 3 rings (SSSR count). The van der Waals surface area contributed by atoms with Gasteiger partial charge in [-0.1, -0.05) is 60.1 Å². The summed E-state index contributed by atoms with van der Waals surface area (Å²) in [6, 6.07) is 17.9. The molecule has 3 aromatic rings. The number of hydrogen-bond donors (Lipinski definition) is 0. The quantitative estimate of drug-likeness (QED) is 0.618. The molecular weight excluding hydrogens is 287 g/mol. The van der Waals surface area contributed by atoms with E-state index in [2.05, 4.69) is 0 Å². The molecule has 0 aliphatic rings. The number of hydrogen-bond acceptors (Lipinski definition) is 1. The van der Waals surface area contributed by atoms with Gasteiger partial charge in [0.15, 0.2) is 5.78 Å². The molecule has 1 nitrogen and oxygen atoms in total. The van der Waals surface area contributed by atoms with Crippen LogP contribution >= 0.6 is 11.6 Å². The van der Waals surface area contributed by atoms with E-state index in [4.69, 9.17) is 11.6 Å². The number of benzene rings is 3. The van der Waals surface area contributed by atoms with Gasteiger partial charge in [0, 0.05) is 6.42 Å². The molecule has 0 atom stereocenters. The third-order valence-electron chi connectivity index (χ3n) is 3.47. The highest BCUT2D eigenvalue weighted by Crippen LogP contribution is 2.24. The lowest BCUT2D eigenvalue weighted by Crippen LogP contribution is -2.07. The minimum absolute atomic E-state index is 0.0351. The largest absolute Gasteiger partial charge is 0.294 e. The standard InChI is InChI=1S/C18H12ClFO/c19-15-9-4-10-16(20)18(15)17(21)11-13-7-3-6-12-5-1-2-8-14(12)13/h1-10H,11H2. The van der Waals surface area contributed by atoms with Crippen molar-refractivity contribution in [2.75, 3.05) is 0 Å². The molecule has 0 saturated heterocycles. The highest BCUT2D eigenvalue weighted by Gasteiger charge is 2.16. The Balaban J connectivity index is 2.01. The summed E-state index contributed by atoms with van der Waals surface area (Å²) in [5, 5.41) is 2.21. The van der Waals surface area contributed by atoms with Gasteiger partial charge in [0.1, 0.15) is 5.82 Å². The number of carbonyl (C=O) groups is 1. The van der Waals surface area contributed by atoms with Gasteiger partial charge in [-0.15, -0.1) is 0 Å². The van der Waals surface area contributed by atoms with Crippen molar-refractivity contribution in [3.8, 4) is 0 Å². The molecule has 0 unspecified atom stereocenters. The van der Waals surface area contributed by atoms with Gasteiger partial charge in [-0.2, -0.15) is 0 Å². The van der Waals surface area contributed by atoms with E-state index in [1.54, 1.807) is 0 Å². The first-order valence-electron chi connectivity index (χ1n) is 6.60. The Morgan fingerprint density at radius 1 is 0.952 bits per heavy atom. The first kappa shape index (κ1) is 13.8. The van der Waals surface area contributed by atoms with Crippen molar-refractivity contribution in [2.24, 2.45) is 0 Å². The average molecular weight is 299 g/mol. The number of Topliss-reactive ketones (excluding diaryl/α,β-unsaturated/α-hetero) is 1. The number of fused-ring (bicyclic) bond motifs is 1. The summed E-state index contributed by atoms with van der Waals surface area (Å²) >= 11 is 5.95. The minimum Gasteiger partial charge on any atom is -0.294 e. The minimum atomic E-state index is -0.576. The Bertz CT molecular complexity index is 801. The number of halogens is 2. The lowest BCUT2D eigenvalue weighted by atomic mass is 9.97. The van der Waals surface area contributed by atoms with Crippen LogP contribution in [0, 0.1) is 5.82 Å². The van der Waals surface area contributed by atoms with Crippen LogP contribution in [0.2, 0.25) is 5.02 Å². The fraction of sp³-hybridized carbons (Fsp3) is 0.0556. The van der Waals surface area contributed by atoms with Crippen LogP contribution in [-0.4, -0.2) is 5.78 Å². The number of rotatable bonds is 3. The van der Waals surface area contributed by atoms with Crippen LogP contribution in [0.4, 0.5) is 4.39 Å². The number of ketones is 1. The van der Waals surface area contributed by atoms with Gasteiger partial charge >= 0.3 is 0 Å². The zero-order valence-corrected chi connectivity index (χ0v) is 11.9. The molecule has 0 bridgehead atoms. The average Bonchev–Trinajstić information content (AvgIpc) is 2.47. The van der Waals surface area contributed by atoms with Crippen LogP contribution in [0.25, 0.3) is 10.8 Å². The van der Waals surface area contributed by atoms with Crippen molar-refractivity contribution in [1.82, 2.24) is 0 Å². The fourth-order valence-electron chi connectivity index (χ4n) is 2.47. The molecule has 104 valence electrons. The van der Waals surface area contributed by atoms with Gasteiger partial charge < -0.3 is 0 Å². The molecule has 0 heterocycles. The van der Waals surface area contributed by atoms with Crippen molar-refractivity contribution in [1.29, 1.82) is 0 Å².